The second-order valence-corrected chi connectivity index (χ2v) is 8.19. The van der Waals surface area contributed by atoms with Crippen molar-refractivity contribution in [2.24, 2.45) is 4.99 Å². The van der Waals surface area contributed by atoms with Crippen molar-refractivity contribution in [2.75, 3.05) is 38.3 Å². The van der Waals surface area contributed by atoms with Crippen LogP contribution < -0.4 is 9.64 Å². The molecule has 0 amide bonds. The average Bonchev–Trinajstić information content (AvgIpc) is 3.31. The van der Waals surface area contributed by atoms with Gasteiger partial charge in [0.15, 0.2) is 0 Å². The van der Waals surface area contributed by atoms with E-state index in [0.29, 0.717) is 19.8 Å². The van der Waals surface area contributed by atoms with Crippen molar-refractivity contribution < 1.29 is 14.2 Å². The van der Waals surface area contributed by atoms with E-state index < -0.39 is 0 Å². The quantitative estimate of drug-likeness (QED) is 0.750. The highest BCUT2D eigenvalue weighted by molar-refractivity contribution is 6.14. The fraction of sp³-hybridized carbons (Fsp3) is 0.500. The minimum absolute atomic E-state index is 0.00130. The Kier molecular flexibility index (Phi) is 4.72. The fourth-order valence-electron chi connectivity index (χ4n) is 3.87. The van der Waals surface area contributed by atoms with E-state index in [2.05, 4.69) is 40.0 Å². The van der Waals surface area contributed by atoms with Gasteiger partial charge in [-0.2, -0.15) is 0 Å². The SMILES string of the molecule is COC[C@@H]1CN(c2cc(C3=NCc4ccc(OC5(C)CC5)cc43)ncn2)CCO1. The number of nitrogens with zero attached hydrogens (tertiary/aromatic N) is 4. The fourth-order valence-corrected chi connectivity index (χ4v) is 3.87. The zero-order valence-corrected chi connectivity index (χ0v) is 16.9. The zero-order valence-electron chi connectivity index (χ0n) is 16.9. The molecule has 3 aliphatic rings. The minimum Gasteiger partial charge on any atom is -0.488 e. The molecule has 152 valence electrons. The molecule has 0 unspecified atom stereocenters. The molecule has 1 aliphatic carbocycles. The van der Waals surface area contributed by atoms with E-state index >= 15 is 0 Å². The van der Waals surface area contributed by atoms with Gasteiger partial charge in [-0.15, -0.1) is 0 Å². The molecule has 0 bridgehead atoms. The molecule has 1 saturated heterocycles. The second-order valence-electron chi connectivity index (χ2n) is 8.19. The summed E-state index contributed by atoms with van der Waals surface area (Å²) in [5.74, 6) is 1.80. The van der Waals surface area contributed by atoms with Crippen molar-refractivity contribution in [2.45, 2.75) is 38.0 Å². The highest BCUT2D eigenvalue weighted by atomic mass is 16.5. The Bertz CT molecular complexity index is 939. The van der Waals surface area contributed by atoms with Crippen LogP contribution in [0, 0.1) is 0 Å². The molecule has 2 fully saturated rings. The van der Waals surface area contributed by atoms with Gasteiger partial charge in [0.25, 0.3) is 0 Å². The van der Waals surface area contributed by atoms with Gasteiger partial charge >= 0.3 is 0 Å². The molecule has 0 spiro atoms. The number of hydrogen-bond donors (Lipinski definition) is 0. The topological polar surface area (TPSA) is 69.1 Å². The monoisotopic (exact) mass is 394 g/mol. The lowest BCUT2D eigenvalue weighted by molar-refractivity contribution is -0.0102. The summed E-state index contributed by atoms with van der Waals surface area (Å²) < 4.78 is 17.2. The van der Waals surface area contributed by atoms with Crippen molar-refractivity contribution in [3.63, 3.8) is 0 Å². The first-order chi connectivity index (χ1) is 14.1. The van der Waals surface area contributed by atoms with Crippen molar-refractivity contribution in [3.05, 3.63) is 47.4 Å². The normalized spacial score (nSPS) is 22.2. The van der Waals surface area contributed by atoms with E-state index in [4.69, 9.17) is 19.2 Å². The number of aliphatic imine (C=N–C) groups is 1. The number of hydrogen-bond acceptors (Lipinski definition) is 7. The molecule has 3 heterocycles. The molecule has 2 aromatic rings. The first-order valence-electron chi connectivity index (χ1n) is 10.2. The van der Waals surface area contributed by atoms with Gasteiger partial charge in [0.05, 0.1) is 37.3 Å². The molecule has 29 heavy (non-hydrogen) atoms. The number of rotatable bonds is 6. The third-order valence-corrected chi connectivity index (χ3v) is 5.77. The van der Waals surface area contributed by atoms with Crippen LogP contribution in [0.4, 0.5) is 5.82 Å². The molecule has 1 aromatic heterocycles. The van der Waals surface area contributed by atoms with Gasteiger partial charge in [0, 0.05) is 31.8 Å². The summed E-state index contributed by atoms with van der Waals surface area (Å²) in [6.45, 7) is 5.63. The number of aromatic nitrogens is 2. The van der Waals surface area contributed by atoms with Gasteiger partial charge in [-0.1, -0.05) is 6.07 Å². The molecule has 7 nitrogen and oxygen atoms in total. The molecule has 5 rings (SSSR count). The molecule has 1 saturated carbocycles. The summed E-state index contributed by atoms with van der Waals surface area (Å²) in [5.41, 5.74) is 4.08. The molecular formula is C22H26N4O3. The van der Waals surface area contributed by atoms with Crippen LogP contribution in [0.3, 0.4) is 0 Å². The molecule has 2 aliphatic heterocycles. The third-order valence-electron chi connectivity index (χ3n) is 5.77. The molecule has 7 heteroatoms. The standard InChI is InChI=1S/C22H26N4O3/c1-22(5-6-22)29-16-4-3-15-11-23-21(18(15)9-16)19-10-20(25-14-24-19)26-7-8-28-17(12-26)13-27-2/h3-4,9-10,14,17H,5-8,11-13H2,1-2H3/t17-/m0/s1. The summed E-state index contributed by atoms with van der Waals surface area (Å²) in [6.07, 6.45) is 3.91. The predicted molar refractivity (Wildman–Crippen MR) is 110 cm³/mol. The Balaban J connectivity index is 1.39. The van der Waals surface area contributed by atoms with Gasteiger partial charge in [-0.25, -0.2) is 9.97 Å². The van der Waals surface area contributed by atoms with E-state index in [1.54, 1.807) is 13.4 Å². The van der Waals surface area contributed by atoms with E-state index in [9.17, 15) is 0 Å². The predicted octanol–water partition coefficient (Wildman–Crippen LogP) is 2.61. The number of ether oxygens (including phenoxy) is 3. The van der Waals surface area contributed by atoms with E-state index in [1.807, 2.05) is 6.07 Å². The molecule has 0 radical (unpaired) electrons. The average molecular weight is 394 g/mol. The van der Waals surface area contributed by atoms with Gasteiger partial charge in [-0.05, 0) is 37.5 Å². The lowest BCUT2D eigenvalue weighted by Crippen LogP contribution is -2.44. The van der Waals surface area contributed by atoms with Crippen LogP contribution >= 0.6 is 0 Å². The van der Waals surface area contributed by atoms with Crippen molar-refractivity contribution in [3.8, 4) is 5.75 Å². The maximum absolute atomic E-state index is 6.15. The van der Waals surface area contributed by atoms with Gasteiger partial charge in [0.2, 0.25) is 0 Å². The Morgan fingerprint density at radius 3 is 2.97 bits per heavy atom. The van der Waals surface area contributed by atoms with E-state index in [-0.39, 0.29) is 11.7 Å². The largest absolute Gasteiger partial charge is 0.488 e. The number of anilines is 1. The van der Waals surface area contributed by atoms with Crippen LogP contribution in [0.5, 0.6) is 5.75 Å². The summed E-state index contributed by atoms with van der Waals surface area (Å²) in [7, 11) is 1.70. The minimum atomic E-state index is 0.00130. The summed E-state index contributed by atoms with van der Waals surface area (Å²) in [4.78, 5) is 16.0. The van der Waals surface area contributed by atoms with Crippen LogP contribution in [0.15, 0.2) is 35.6 Å². The smallest absolute Gasteiger partial charge is 0.132 e. The summed E-state index contributed by atoms with van der Waals surface area (Å²) in [6, 6.07) is 8.30. The zero-order chi connectivity index (χ0) is 19.8. The van der Waals surface area contributed by atoms with Crippen molar-refractivity contribution in [1.82, 2.24) is 9.97 Å². The van der Waals surface area contributed by atoms with Crippen LogP contribution in [-0.2, 0) is 16.0 Å². The lowest BCUT2D eigenvalue weighted by atomic mass is 10.0. The van der Waals surface area contributed by atoms with Gasteiger partial charge in [0.1, 0.15) is 23.5 Å². The van der Waals surface area contributed by atoms with Crippen LogP contribution in [0.25, 0.3) is 0 Å². The summed E-state index contributed by atoms with van der Waals surface area (Å²) >= 11 is 0. The highest BCUT2D eigenvalue weighted by Crippen LogP contribution is 2.40. The number of fused-ring (bicyclic) bond motifs is 1. The Morgan fingerprint density at radius 1 is 1.24 bits per heavy atom. The first-order valence-corrected chi connectivity index (χ1v) is 10.2. The van der Waals surface area contributed by atoms with Crippen LogP contribution in [0.2, 0.25) is 0 Å². The van der Waals surface area contributed by atoms with Crippen LogP contribution in [0.1, 0.15) is 36.6 Å². The molecule has 0 N–H and O–H groups in total. The molecular weight excluding hydrogens is 368 g/mol. The Morgan fingerprint density at radius 2 is 2.14 bits per heavy atom. The van der Waals surface area contributed by atoms with Gasteiger partial charge < -0.3 is 19.1 Å². The Hall–Kier alpha value is -2.51. The molecule has 1 aromatic carbocycles. The number of benzene rings is 1. The van der Waals surface area contributed by atoms with Crippen molar-refractivity contribution in [1.29, 1.82) is 0 Å². The van der Waals surface area contributed by atoms with Gasteiger partial charge in [-0.3, -0.25) is 4.99 Å². The van der Waals surface area contributed by atoms with Crippen molar-refractivity contribution >= 4 is 11.5 Å². The first kappa shape index (κ1) is 18.5. The number of methoxy groups -OCH3 is 1. The maximum Gasteiger partial charge on any atom is 0.132 e. The molecule has 1 atom stereocenters. The summed E-state index contributed by atoms with van der Waals surface area (Å²) in [5, 5.41) is 0. The Labute approximate surface area is 170 Å². The number of morpholine rings is 1. The van der Waals surface area contributed by atoms with E-state index in [0.717, 1.165) is 54.5 Å². The van der Waals surface area contributed by atoms with E-state index in [1.165, 1.54) is 5.56 Å². The highest BCUT2D eigenvalue weighted by Gasteiger charge is 2.40. The lowest BCUT2D eigenvalue weighted by Gasteiger charge is -2.33. The third kappa shape index (κ3) is 3.84. The maximum atomic E-state index is 6.15. The second kappa shape index (κ2) is 7.39. The van der Waals surface area contributed by atoms with Crippen LogP contribution in [-0.4, -0.2) is 60.8 Å².